The molecule has 0 saturated carbocycles. The lowest BCUT2D eigenvalue weighted by molar-refractivity contribution is -0.0921. The maximum Gasteiger partial charge on any atom is 0.351 e. The van der Waals surface area contributed by atoms with Crippen molar-refractivity contribution in [3.05, 3.63) is 130 Å². The number of hydrogen-bond donors (Lipinski definition) is 1. The second kappa shape index (κ2) is 12.6. The van der Waals surface area contributed by atoms with E-state index in [1.54, 1.807) is 12.3 Å². The van der Waals surface area contributed by atoms with Crippen LogP contribution in [0.5, 0.6) is 0 Å². The van der Waals surface area contributed by atoms with Gasteiger partial charge in [-0.2, -0.15) is 4.98 Å². The number of nitrogens with two attached hydrogens (primary N) is 1. The van der Waals surface area contributed by atoms with Gasteiger partial charge in [-0.3, -0.25) is 4.57 Å². The Hall–Kier alpha value is -3.82. The topological polar surface area (TPSA) is 97.8 Å². The average Bonchev–Trinajstić information content (AvgIpc) is 3.29. The molecule has 1 saturated heterocycles. The molecule has 5 rings (SSSR count). The third kappa shape index (κ3) is 6.54. The Morgan fingerprint density at radius 3 is 1.82 bits per heavy atom. The van der Waals surface area contributed by atoms with Gasteiger partial charge in [-0.1, -0.05) is 91.0 Å². The van der Waals surface area contributed by atoms with Crippen LogP contribution in [0.15, 0.2) is 108 Å². The Morgan fingerprint density at radius 1 is 0.737 bits per heavy atom. The Labute approximate surface area is 221 Å². The van der Waals surface area contributed by atoms with Crippen molar-refractivity contribution >= 4 is 5.82 Å². The third-order valence-electron chi connectivity index (χ3n) is 6.38. The summed E-state index contributed by atoms with van der Waals surface area (Å²) < 4.78 is 26.7. The van der Waals surface area contributed by atoms with Crippen molar-refractivity contribution in [1.82, 2.24) is 9.55 Å². The molecule has 38 heavy (non-hydrogen) atoms. The van der Waals surface area contributed by atoms with Gasteiger partial charge in [0.25, 0.3) is 0 Å². The molecular formula is C30H31N3O5. The van der Waals surface area contributed by atoms with Gasteiger partial charge >= 0.3 is 5.69 Å². The molecule has 2 heterocycles. The highest BCUT2D eigenvalue weighted by atomic mass is 16.6. The van der Waals surface area contributed by atoms with Crippen LogP contribution in [0.2, 0.25) is 0 Å². The quantitative estimate of drug-likeness (QED) is 0.322. The molecule has 1 aromatic heterocycles. The molecule has 2 N–H and O–H groups in total. The molecule has 1 fully saturated rings. The summed E-state index contributed by atoms with van der Waals surface area (Å²) in [6.07, 6.45) is -0.796. The summed E-state index contributed by atoms with van der Waals surface area (Å²) in [5.74, 6) is 0.144. The molecule has 1 aliphatic heterocycles. The zero-order valence-electron chi connectivity index (χ0n) is 21.0. The second-order valence-corrected chi connectivity index (χ2v) is 9.13. The molecule has 0 amide bonds. The van der Waals surface area contributed by atoms with Gasteiger partial charge in [0.15, 0.2) is 6.23 Å². The van der Waals surface area contributed by atoms with Crippen molar-refractivity contribution in [3.8, 4) is 0 Å². The number of hydrogen-bond acceptors (Lipinski definition) is 7. The first kappa shape index (κ1) is 25.8. The molecular weight excluding hydrogens is 482 g/mol. The first-order chi connectivity index (χ1) is 18.7. The predicted molar refractivity (Wildman–Crippen MR) is 143 cm³/mol. The van der Waals surface area contributed by atoms with Crippen LogP contribution in [0.3, 0.4) is 0 Å². The summed E-state index contributed by atoms with van der Waals surface area (Å²) in [4.78, 5) is 16.7. The van der Waals surface area contributed by atoms with Crippen molar-refractivity contribution in [2.45, 2.75) is 44.4 Å². The van der Waals surface area contributed by atoms with Crippen molar-refractivity contribution in [3.63, 3.8) is 0 Å². The van der Waals surface area contributed by atoms with Gasteiger partial charge in [-0.25, -0.2) is 4.79 Å². The number of benzene rings is 3. The van der Waals surface area contributed by atoms with Crippen LogP contribution in [0.1, 0.15) is 22.9 Å². The Bertz CT molecular complexity index is 1330. The summed E-state index contributed by atoms with van der Waals surface area (Å²) in [5.41, 5.74) is 8.30. The first-order valence-corrected chi connectivity index (χ1v) is 12.6. The summed E-state index contributed by atoms with van der Waals surface area (Å²) in [6, 6.07) is 31.2. The summed E-state index contributed by atoms with van der Waals surface area (Å²) in [6.45, 7) is 1.37. The molecule has 0 radical (unpaired) electrons. The van der Waals surface area contributed by atoms with E-state index >= 15 is 0 Å². The number of rotatable bonds is 11. The summed E-state index contributed by atoms with van der Waals surface area (Å²) in [7, 11) is 0. The fourth-order valence-electron chi connectivity index (χ4n) is 4.47. The van der Waals surface area contributed by atoms with E-state index in [1.165, 1.54) is 4.57 Å². The summed E-state index contributed by atoms with van der Waals surface area (Å²) >= 11 is 0. The van der Waals surface area contributed by atoms with Crippen LogP contribution in [0, 0.1) is 0 Å². The van der Waals surface area contributed by atoms with Crippen LogP contribution in [0.4, 0.5) is 5.82 Å². The average molecular weight is 514 g/mol. The molecule has 4 atom stereocenters. The predicted octanol–water partition coefficient (Wildman–Crippen LogP) is 4.11. The zero-order chi connectivity index (χ0) is 26.2. The van der Waals surface area contributed by atoms with Gasteiger partial charge in [0, 0.05) is 6.20 Å². The largest absolute Gasteiger partial charge is 0.383 e. The fraction of sp³-hybridized carbons (Fsp3) is 0.267. The van der Waals surface area contributed by atoms with Crippen LogP contribution >= 0.6 is 0 Å². The lowest BCUT2D eigenvalue weighted by atomic mass is 10.1. The van der Waals surface area contributed by atoms with Gasteiger partial charge < -0.3 is 24.7 Å². The van der Waals surface area contributed by atoms with Gasteiger partial charge in [-0.15, -0.1) is 0 Å². The first-order valence-electron chi connectivity index (χ1n) is 12.6. The Kier molecular flexibility index (Phi) is 8.57. The molecule has 8 heteroatoms. The smallest absolute Gasteiger partial charge is 0.351 e. The van der Waals surface area contributed by atoms with Crippen molar-refractivity contribution in [2.24, 2.45) is 0 Å². The molecule has 196 valence electrons. The maximum absolute atomic E-state index is 12.8. The molecule has 0 aliphatic carbocycles. The van der Waals surface area contributed by atoms with E-state index in [-0.39, 0.29) is 12.4 Å². The minimum absolute atomic E-state index is 0.144. The highest BCUT2D eigenvalue weighted by Gasteiger charge is 2.48. The summed E-state index contributed by atoms with van der Waals surface area (Å²) in [5, 5.41) is 0. The normalized spacial score (nSPS) is 20.9. The number of ether oxygens (including phenoxy) is 4. The molecule has 2 unspecified atom stereocenters. The molecule has 0 spiro atoms. The molecule has 8 nitrogen and oxygen atoms in total. The molecule has 4 aromatic rings. The standard InChI is InChI=1S/C30H31N3O5/c31-26-16-17-33(30(34)32-26)29-28(37-20-24-14-8-3-9-15-24)27(36-19-23-12-6-2-7-13-23)25(38-29)21-35-18-22-10-4-1-5-11-22/h1-17,25,27-29H,18-21H2,(H2,31,32,34)/t25-,27?,28?,29-/m1/s1. The van der Waals surface area contributed by atoms with Crippen molar-refractivity contribution in [2.75, 3.05) is 12.3 Å². The van der Waals surface area contributed by atoms with Crippen molar-refractivity contribution in [1.29, 1.82) is 0 Å². The third-order valence-corrected chi connectivity index (χ3v) is 6.38. The van der Waals surface area contributed by atoms with E-state index in [9.17, 15) is 4.79 Å². The minimum Gasteiger partial charge on any atom is -0.383 e. The number of nitrogen functional groups attached to an aromatic ring is 1. The van der Waals surface area contributed by atoms with E-state index in [4.69, 9.17) is 24.7 Å². The molecule has 1 aliphatic rings. The van der Waals surface area contributed by atoms with E-state index in [0.29, 0.717) is 19.8 Å². The van der Waals surface area contributed by atoms with E-state index in [2.05, 4.69) is 4.98 Å². The minimum atomic E-state index is -0.773. The lowest BCUT2D eigenvalue weighted by Gasteiger charge is -2.25. The highest BCUT2D eigenvalue weighted by molar-refractivity contribution is 5.24. The van der Waals surface area contributed by atoms with E-state index in [0.717, 1.165) is 16.7 Å². The zero-order valence-corrected chi connectivity index (χ0v) is 21.0. The number of nitrogens with zero attached hydrogens (tertiary/aromatic N) is 2. The van der Waals surface area contributed by atoms with Gasteiger partial charge in [0.1, 0.15) is 24.1 Å². The van der Waals surface area contributed by atoms with Crippen molar-refractivity contribution < 1.29 is 18.9 Å². The number of anilines is 1. The van der Waals surface area contributed by atoms with E-state index in [1.807, 2.05) is 91.0 Å². The van der Waals surface area contributed by atoms with Crippen LogP contribution in [-0.4, -0.2) is 34.5 Å². The molecule has 0 bridgehead atoms. The maximum atomic E-state index is 12.8. The highest BCUT2D eigenvalue weighted by Crippen LogP contribution is 2.34. The van der Waals surface area contributed by atoms with Gasteiger partial charge in [0.2, 0.25) is 0 Å². The van der Waals surface area contributed by atoms with Crippen LogP contribution < -0.4 is 11.4 Å². The SMILES string of the molecule is Nc1ccn([C@@H]2O[C@H](COCc3ccccc3)C(OCc3ccccc3)C2OCc2ccccc2)c(=O)n1. The lowest BCUT2D eigenvalue weighted by Crippen LogP contribution is -2.40. The van der Waals surface area contributed by atoms with Gasteiger partial charge in [-0.05, 0) is 22.8 Å². The number of aromatic nitrogens is 2. The Morgan fingerprint density at radius 2 is 1.26 bits per heavy atom. The second-order valence-electron chi connectivity index (χ2n) is 9.13. The fourth-order valence-corrected chi connectivity index (χ4v) is 4.47. The Balaban J connectivity index is 1.40. The molecule has 3 aromatic carbocycles. The van der Waals surface area contributed by atoms with E-state index < -0.39 is 30.2 Å². The van der Waals surface area contributed by atoms with Crippen LogP contribution in [0.25, 0.3) is 0 Å². The monoisotopic (exact) mass is 513 g/mol. The van der Waals surface area contributed by atoms with Crippen LogP contribution in [-0.2, 0) is 38.8 Å². The van der Waals surface area contributed by atoms with Gasteiger partial charge in [0.05, 0.1) is 26.4 Å².